The van der Waals surface area contributed by atoms with Crippen LogP contribution in [0, 0.1) is 0 Å². The zero-order valence-electron chi connectivity index (χ0n) is 17.8. The summed E-state index contributed by atoms with van der Waals surface area (Å²) in [4.78, 5) is 11.0. The molecular weight excluding hydrogens is 433 g/mol. The van der Waals surface area contributed by atoms with E-state index in [4.69, 9.17) is 19.4 Å². The molecule has 0 saturated heterocycles. The van der Waals surface area contributed by atoms with E-state index in [0.29, 0.717) is 24.6 Å². The van der Waals surface area contributed by atoms with Crippen LogP contribution in [0.1, 0.15) is 17.5 Å². The van der Waals surface area contributed by atoms with Gasteiger partial charge < -0.3 is 35.3 Å². The summed E-state index contributed by atoms with van der Waals surface area (Å²) in [5, 5.41) is 28.7. The third-order valence-electron chi connectivity index (χ3n) is 4.25. The molecule has 2 rings (SSSR count). The van der Waals surface area contributed by atoms with Crippen LogP contribution >= 0.6 is 0 Å². The highest BCUT2D eigenvalue weighted by Crippen LogP contribution is 2.29. The van der Waals surface area contributed by atoms with E-state index in [2.05, 4.69) is 10.6 Å². The van der Waals surface area contributed by atoms with Gasteiger partial charge >= 0.3 is 6.18 Å². The Labute approximate surface area is 183 Å². The number of aromatic hydroxyl groups is 2. The summed E-state index contributed by atoms with van der Waals surface area (Å²) < 4.78 is 41.7. The van der Waals surface area contributed by atoms with Crippen molar-refractivity contribution in [2.24, 2.45) is 0 Å². The van der Waals surface area contributed by atoms with E-state index in [1.807, 2.05) is 12.1 Å². The zero-order valence-corrected chi connectivity index (χ0v) is 17.8. The normalized spacial score (nSPS) is 11.0. The molecule has 11 heteroatoms. The van der Waals surface area contributed by atoms with Crippen LogP contribution in [-0.2, 0) is 17.9 Å². The molecule has 178 valence electrons. The van der Waals surface area contributed by atoms with Crippen molar-refractivity contribution in [3.8, 4) is 23.0 Å². The fraction of sp³-hybridized carbons (Fsp3) is 0.381. The number of alkyl halides is 3. The van der Waals surface area contributed by atoms with Crippen molar-refractivity contribution >= 4 is 5.97 Å². The molecule has 0 heterocycles. The van der Waals surface area contributed by atoms with Crippen LogP contribution in [0.4, 0.5) is 13.2 Å². The van der Waals surface area contributed by atoms with Gasteiger partial charge in [0.15, 0.2) is 23.0 Å². The van der Waals surface area contributed by atoms with Crippen LogP contribution in [0.25, 0.3) is 0 Å². The molecule has 0 amide bonds. The first-order valence-electron chi connectivity index (χ1n) is 9.53. The Hall–Kier alpha value is -3.18. The molecule has 0 saturated carbocycles. The monoisotopic (exact) mass is 460 g/mol. The summed E-state index contributed by atoms with van der Waals surface area (Å²) in [6.07, 6.45) is -4.22. The highest BCUT2D eigenvalue weighted by atomic mass is 19.4. The second-order valence-electron chi connectivity index (χ2n) is 6.72. The first-order valence-corrected chi connectivity index (χ1v) is 9.53. The lowest BCUT2D eigenvalue weighted by atomic mass is 10.1. The average molecular weight is 460 g/mol. The Morgan fingerprint density at radius 1 is 1.00 bits per heavy atom. The smallest absolute Gasteiger partial charge is 0.430 e. The maximum atomic E-state index is 10.5. The lowest BCUT2D eigenvalue weighted by Gasteiger charge is -2.22. The molecule has 2 aromatic carbocycles. The third-order valence-corrected chi connectivity index (χ3v) is 4.25. The molecule has 5 N–H and O–H groups in total. The van der Waals surface area contributed by atoms with Crippen molar-refractivity contribution in [3.05, 3.63) is 47.5 Å². The largest absolute Gasteiger partial charge is 0.542 e. The van der Waals surface area contributed by atoms with Crippen molar-refractivity contribution in [3.63, 3.8) is 0 Å². The summed E-state index contributed by atoms with van der Waals surface area (Å²) in [5.74, 6) is -1.80. The number of carbonyl (C=O) groups is 1. The van der Waals surface area contributed by atoms with Gasteiger partial charge in [0.05, 0.1) is 20.8 Å². The highest BCUT2D eigenvalue weighted by molar-refractivity contribution is 5.70. The average Bonchev–Trinajstić information content (AvgIpc) is 2.72. The molecule has 0 unspecified atom stereocenters. The van der Waals surface area contributed by atoms with Crippen LogP contribution in [-0.4, -0.2) is 54.6 Å². The SMILES string of the molecule is COc1ccc(CN(CCC[NH3+])Cc2ccc(OC)c(O)c2)cc1O.O=C([O-])C(F)(F)F. The van der Waals surface area contributed by atoms with Crippen molar-refractivity contribution in [2.75, 3.05) is 27.3 Å². The number of halogens is 3. The fourth-order valence-corrected chi connectivity index (χ4v) is 2.73. The standard InChI is InChI=1S/C19H26N2O4.C2HF3O2/c1-24-18-6-4-14(10-16(18)22)12-21(9-3-8-20)13-15-5-7-19(25-2)17(23)11-15;3-2(4,5)1(6)7/h4-7,10-11,22-23H,3,8-9,12-13,20H2,1-2H3;(H,6,7). The number of quaternary nitrogens is 1. The van der Waals surface area contributed by atoms with Crippen LogP contribution in [0.3, 0.4) is 0 Å². The van der Waals surface area contributed by atoms with Gasteiger partial charge in [0.1, 0.15) is 5.97 Å². The number of aliphatic carboxylic acids is 1. The second kappa shape index (κ2) is 12.6. The molecule has 2 aromatic rings. The number of carboxylic acid groups (broad SMARTS) is 1. The molecule has 0 bridgehead atoms. The first-order chi connectivity index (χ1) is 15.0. The zero-order chi connectivity index (χ0) is 24.3. The first kappa shape index (κ1) is 26.9. The Bertz CT molecular complexity index is 822. The number of ether oxygens (including phenoxy) is 2. The molecule has 8 nitrogen and oxygen atoms in total. The number of phenols is 2. The maximum Gasteiger partial charge on any atom is 0.430 e. The number of phenolic OH excluding ortho intramolecular Hbond substituents is 2. The van der Waals surface area contributed by atoms with Crippen LogP contribution in [0.2, 0.25) is 0 Å². The number of benzene rings is 2. The van der Waals surface area contributed by atoms with E-state index in [0.717, 1.165) is 30.6 Å². The summed E-state index contributed by atoms with van der Waals surface area (Å²) >= 11 is 0. The maximum absolute atomic E-state index is 10.5. The molecular formula is C21H27F3N2O6. The van der Waals surface area contributed by atoms with E-state index in [-0.39, 0.29) is 11.5 Å². The number of carbonyl (C=O) groups excluding carboxylic acids is 1. The van der Waals surface area contributed by atoms with Crippen molar-refractivity contribution in [1.82, 2.24) is 4.90 Å². The number of nitrogens with zero attached hydrogens (tertiary/aromatic N) is 1. The molecule has 0 fully saturated rings. The van der Waals surface area contributed by atoms with Crippen molar-refractivity contribution < 1.29 is 48.5 Å². The lowest BCUT2D eigenvalue weighted by Crippen LogP contribution is -2.51. The Kier molecular flexibility index (Phi) is 10.6. The van der Waals surface area contributed by atoms with Gasteiger partial charge in [-0.15, -0.1) is 0 Å². The number of methoxy groups -OCH3 is 2. The molecule has 32 heavy (non-hydrogen) atoms. The summed E-state index contributed by atoms with van der Waals surface area (Å²) in [6.45, 7) is 3.11. The van der Waals surface area contributed by atoms with Crippen LogP contribution in [0.15, 0.2) is 36.4 Å². The van der Waals surface area contributed by atoms with E-state index in [9.17, 15) is 23.4 Å². The highest BCUT2D eigenvalue weighted by Gasteiger charge is 2.28. The summed E-state index contributed by atoms with van der Waals surface area (Å²) in [6, 6.07) is 10.9. The third kappa shape index (κ3) is 8.90. The topological polar surface area (TPSA) is 130 Å². The van der Waals surface area contributed by atoms with E-state index >= 15 is 0 Å². The second-order valence-corrected chi connectivity index (χ2v) is 6.72. The van der Waals surface area contributed by atoms with Gasteiger partial charge in [-0.05, 0) is 35.4 Å². The van der Waals surface area contributed by atoms with E-state index in [1.165, 1.54) is 14.2 Å². The van der Waals surface area contributed by atoms with Crippen molar-refractivity contribution in [2.45, 2.75) is 25.7 Å². The van der Waals surface area contributed by atoms with Crippen molar-refractivity contribution in [1.29, 1.82) is 0 Å². The minimum absolute atomic E-state index is 0.138. The Balaban J connectivity index is 0.000000633. The van der Waals surface area contributed by atoms with Gasteiger partial charge in [-0.25, -0.2) is 0 Å². The minimum atomic E-state index is -5.19. The molecule has 0 spiro atoms. The summed E-state index contributed by atoms with van der Waals surface area (Å²) in [5.41, 5.74) is 5.91. The van der Waals surface area contributed by atoms with E-state index in [1.54, 1.807) is 24.3 Å². The number of hydrogen-bond acceptors (Lipinski definition) is 7. The van der Waals surface area contributed by atoms with Crippen LogP contribution < -0.4 is 20.3 Å². The quantitative estimate of drug-likeness (QED) is 0.510. The van der Waals surface area contributed by atoms with Gasteiger partial charge in [-0.2, -0.15) is 13.2 Å². The van der Waals surface area contributed by atoms with Gasteiger partial charge in [-0.3, -0.25) is 4.90 Å². The fourth-order valence-electron chi connectivity index (χ4n) is 2.73. The molecule has 0 aromatic heterocycles. The van der Waals surface area contributed by atoms with Gasteiger partial charge in [0, 0.05) is 26.1 Å². The van der Waals surface area contributed by atoms with Crippen LogP contribution in [0.5, 0.6) is 23.0 Å². The molecule has 0 aliphatic heterocycles. The van der Waals surface area contributed by atoms with Gasteiger partial charge in [0.2, 0.25) is 0 Å². The number of carboxylic acids is 1. The number of rotatable bonds is 9. The van der Waals surface area contributed by atoms with E-state index < -0.39 is 12.1 Å². The predicted octanol–water partition coefficient (Wildman–Crippen LogP) is 1.05. The Morgan fingerprint density at radius 2 is 1.41 bits per heavy atom. The minimum Gasteiger partial charge on any atom is -0.542 e. The molecule has 0 atom stereocenters. The van der Waals surface area contributed by atoms with Gasteiger partial charge in [0.25, 0.3) is 0 Å². The predicted molar refractivity (Wildman–Crippen MR) is 107 cm³/mol. The van der Waals surface area contributed by atoms with Gasteiger partial charge in [-0.1, -0.05) is 12.1 Å². The lowest BCUT2D eigenvalue weighted by molar-refractivity contribution is -0.368. The number of hydrogen-bond donors (Lipinski definition) is 3. The summed E-state index contributed by atoms with van der Waals surface area (Å²) in [7, 11) is 3.07. The molecule has 0 aliphatic carbocycles. The Morgan fingerprint density at radius 3 is 1.69 bits per heavy atom. The molecule has 0 radical (unpaired) electrons. The molecule has 0 aliphatic rings.